The fourth-order valence-corrected chi connectivity index (χ4v) is 4.48. The van der Waals surface area contributed by atoms with Gasteiger partial charge in [0.25, 0.3) is 0 Å². The van der Waals surface area contributed by atoms with Crippen LogP contribution in [0.4, 0.5) is 17.1 Å². The second-order valence-electron chi connectivity index (χ2n) is 8.75. The van der Waals surface area contributed by atoms with Gasteiger partial charge in [0.1, 0.15) is 5.75 Å². The number of aliphatic imine (C=N–C) groups is 1. The van der Waals surface area contributed by atoms with Gasteiger partial charge in [0.05, 0.1) is 34.1 Å². The molecule has 4 aromatic carbocycles. The van der Waals surface area contributed by atoms with Gasteiger partial charge in [-0.3, -0.25) is 14.6 Å². The van der Waals surface area contributed by atoms with Crippen LogP contribution in [0.2, 0.25) is 5.02 Å². The minimum Gasteiger partial charge on any atom is -0.494 e. The van der Waals surface area contributed by atoms with Crippen LogP contribution >= 0.6 is 11.6 Å². The molecular formula is C31H25ClN2O3. The number of fused-ring (bicyclic) bond motifs is 2. The van der Waals surface area contributed by atoms with Crippen LogP contribution in [0.1, 0.15) is 57.2 Å². The number of ether oxygens (including phenoxy) is 1. The Morgan fingerprint density at radius 3 is 2.24 bits per heavy atom. The molecule has 0 aromatic heterocycles. The summed E-state index contributed by atoms with van der Waals surface area (Å²) < 4.78 is 5.70. The van der Waals surface area contributed by atoms with E-state index < -0.39 is 0 Å². The number of halogens is 1. The largest absolute Gasteiger partial charge is 0.494 e. The molecule has 0 spiro atoms. The van der Waals surface area contributed by atoms with Crippen LogP contribution in [-0.2, 0) is 0 Å². The van der Waals surface area contributed by atoms with Crippen LogP contribution in [0, 0.1) is 0 Å². The van der Waals surface area contributed by atoms with Crippen LogP contribution in [0.3, 0.4) is 0 Å². The summed E-state index contributed by atoms with van der Waals surface area (Å²) in [4.78, 5) is 31.0. The number of ketones is 2. The maximum Gasteiger partial charge on any atom is 0.196 e. The Morgan fingerprint density at radius 1 is 0.838 bits per heavy atom. The number of unbranched alkanes of at least 4 members (excludes halogenated alkanes) is 1. The summed E-state index contributed by atoms with van der Waals surface area (Å²) in [5.74, 6) is 0.387. The van der Waals surface area contributed by atoms with Crippen molar-refractivity contribution < 1.29 is 14.3 Å². The highest BCUT2D eigenvalue weighted by molar-refractivity contribution is 6.39. The summed E-state index contributed by atoms with van der Waals surface area (Å²) in [6, 6.07) is 25.6. The molecule has 0 unspecified atom stereocenters. The number of nitrogens with one attached hydrogen (secondary N) is 1. The molecule has 0 saturated carbocycles. The molecular weight excluding hydrogens is 484 g/mol. The Kier molecular flexibility index (Phi) is 7.15. The first-order valence-electron chi connectivity index (χ1n) is 12.2. The third-order valence-electron chi connectivity index (χ3n) is 6.18. The van der Waals surface area contributed by atoms with Gasteiger partial charge in [-0.25, -0.2) is 0 Å². The number of nitrogens with zero attached hydrogens (tertiary/aromatic N) is 1. The highest BCUT2D eigenvalue weighted by Crippen LogP contribution is 2.36. The molecule has 0 radical (unpaired) electrons. The van der Waals surface area contributed by atoms with Gasteiger partial charge in [-0.15, -0.1) is 0 Å². The fourth-order valence-electron chi connectivity index (χ4n) is 4.22. The lowest BCUT2D eigenvalue weighted by molar-refractivity contribution is 0.0980. The lowest BCUT2D eigenvalue weighted by Crippen LogP contribution is -2.22. The third-order valence-corrected chi connectivity index (χ3v) is 6.49. The molecule has 0 heterocycles. The molecule has 4 aromatic rings. The standard InChI is InChI=1S/C31H25ClN2O3/c1-2-3-18-37-23-16-10-20(11-17-23)19-33-21-12-14-22(15-13-21)34-27-9-5-7-25-29(27)31(36)24-6-4-8-26(32)28(24)30(25)35/h4-17,19,34H,2-3,18H2,1H3. The van der Waals surface area contributed by atoms with E-state index in [0.717, 1.165) is 42.1 Å². The Hall–Kier alpha value is -4.22. The van der Waals surface area contributed by atoms with Crippen molar-refractivity contribution in [2.24, 2.45) is 4.99 Å². The van der Waals surface area contributed by atoms with E-state index in [1.807, 2.05) is 48.5 Å². The van der Waals surface area contributed by atoms with Crippen molar-refractivity contribution in [3.63, 3.8) is 0 Å². The molecule has 5 rings (SSSR count). The molecule has 0 aliphatic heterocycles. The van der Waals surface area contributed by atoms with Crippen molar-refractivity contribution in [3.05, 3.63) is 118 Å². The van der Waals surface area contributed by atoms with Crippen molar-refractivity contribution in [1.82, 2.24) is 0 Å². The average molecular weight is 509 g/mol. The first kappa shape index (κ1) is 24.5. The second kappa shape index (κ2) is 10.8. The zero-order chi connectivity index (χ0) is 25.8. The van der Waals surface area contributed by atoms with E-state index in [9.17, 15) is 9.59 Å². The number of carbonyl (C=O) groups excluding carboxylic acids is 2. The Morgan fingerprint density at radius 2 is 1.51 bits per heavy atom. The summed E-state index contributed by atoms with van der Waals surface area (Å²) in [7, 11) is 0. The topological polar surface area (TPSA) is 67.8 Å². The quantitative estimate of drug-likeness (QED) is 0.171. The van der Waals surface area contributed by atoms with Gasteiger partial charge < -0.3 is 10.1 Å². The van der Waals surface area contributed by atoms with E-state index in [4.69, 9.17) is 16.3 Å². The van der Waals surface area contributed by atoms with Gasteiger partial charge in [0.2, 0.25) is 0 Å². The Bertz CT molecular complexity index is 1490. The molecule has 0 bridgehead atoms. The molecule has 1 aliphatic carbocycles. The number of carbonyl (C=O) groups is 2. The van der Waals surface area contributed by atoms with Gasteiger partial charge in [-0.1, -0.05) is 49.2 Å². The minimum absolute atomic E-state index is 0.224. The summed E-state index contributed by atoms with van der Waals surface area (Å²) >= 11 is 6.24. The van der Waals surface area contributed by atoms with Gasteiger partial charge in [-0.05, 0) is 72.6 Å². The van der Waals surface area contributed by atoms with E-state index in [1.54, 1.807) is 42.6 Å². The first-order chi connectivity index (χ1) is 18.0. The zero-order valence-electron chi connectivity index (χ0n) is 20.3. The van der Waals surface area contributed by atoms with E-state index in [2.05, 4.69) is 17.2 Å². The summed E-state index contributed by atoms with van der Waals surface area (Å²) in [5, 5.41) is 3.57. The van der Waals surface area contributed by atoms with Gasteiger partial charge in [0.15, 0.2) is 11.6 Å². The molecule has 1 aliphatic rings. The maximum absolute atomic E-state index is 13.3. The van der Waals surface area contributed by atoms with Crippen LogP contribution in [0.25, 0.3) is 0 Å². The predicted octanol–water partition coefficient (Wildman–Crippen LogP) is 7.79. The SMILES string of the molecule is CCCCOc1ccc(C=Nc2ccc(Nc3cccc4c3C(=O)c3cccc(Cl)c3C4=O)cc2)cc1. The third kappa shape index (κ3) is 5.18. The van der Waals surface area contributed by atoms with Crippen molar-refractivity contribution in [2.75, 3.05) is 11.9 Å². The maximum atomic E-state index is 13.3. The van der Waals surface area contributed by atoms with Gasteiger partial charge >= 0.3 is 0 Å². The second-order valence-corrected chi connectivity index (χ2v) is 9.16. The van der Waals surface area contributed by atoms with E-state index in [0.29, 0.717) is 22.4 Å². The lowest BCUT2D eigenvalue weighted by atomic mass is 9.83. The van der Waals surface area contributed by atoms with Crippen LogP contribution < -0.4 is 10.1 Å². The minimum atomic E-state index is -0.246. The smallest absolute Gasteiger partial charge is 0.196 e. The first-order valence-corrected chi connectivity index (χ1v) is 12.6. The van der Waals surface area contributed by atoms with Gasteiger partial charge in [-0.2, -0.15) is 0 Å². The number of anilines is 2. The van der Waals surface area contributed by atoms with Crippen LogP contribution in [-0.4, -0.2) is 24.4 Å². The molecule has 0 saturated heterocycles. The lowest BCUT2D eigenvalue weighted by Gasteiger charge is -2.21. The summed E-state index contributed by atoms with van der Waals surface area (Å²) in [5.41, 5.74) is 4.40. The van der Waals surface area contributed by atoms with E-state index in [1.165, 1.54) is 0 Å². The monoisotopic (exact) mass is 508 g/mol. The number of rotatable bonds is 8. The molecule has 1 N–H and O–H groups in total. The van der Waals surface area contributed by atoms with Crippen molar-refractivity contribution in [2.45, 2.75) is 19.8 Å². The van der Waals surface area contributed by atoms with Gasteiger partial charge in [0, 0.05) is 23.0 Å². The predicted molar refractivity (Wildman–Crippen MR) is 149 cm³/mol. The Labute approximate surface area is 220 Å². The van der Waals surface area contributed by atoms with E-state index >= 15 is 0 Å². The fraction of sp³-hybridized carbons (Fsp3) is 0.129. The highest BCUT2D eigenvalue weighted by atomic mass is 35.5. The van der Waals surface area contributed by atoms with E-state index in [-0.39, 0.29) is 22.2 Å². The van der Waals surface area contributed by atoms with Crippen LogP contribution in [0.5, 0.6) is 5.75 Å². The number of hydrogen-bond acceptors (Lipinski definition) is 5. The Balaban J connectivity index is 1.31. The molecule has 184 valence electrons. The number of benzene rings is 4. The molecule has 37 heavy (non-hydrogen) atoms. The molecule has 0 amide bonds. The molecule has 5 nitrogen and oxygen atoms in total. The highest BCUT2D eigenvalue weighted by Gasteiger charge is 2.33. The number of hydrogen-bond donors (Lipinski definition) is 1. The van der Waals surface area contributed by atoms with Crippen molar-refractivity contribution >= 4 is 46.4 Å². The molecule has 0 fully saturated rings. The normalized spacial score (nSPS) is 12.4. The average Bonchev–Trinajstić information content (AvgIpc) is 2.92. The summed E-state index contributed by atoms with van der Waals surface area (Å²) in [6.45, 7) is 2.86. The van der Waals surface area contributed by atoms with Crippen molar-refractivity contribution in [3.8, 4) is 5.75 Å². The van der Waals surface area contributed by atoms with Crippen LogP contribution in [0.15, 0.2) is 89.9 Å². The summed E-state index contributed by atoms with van der Waals surface area (Å²) in [6.07, 6.45) is 3.95. The molecule has 6 heteroatoms. The zero-order valence-corrected chi connectivity index (χ0v) is 21.1. The molecule has 0 atom stereocenters. The van der Waals surface area contributed by atoms with Crippen molar-refractivity contribution in [1.29, 1.82) is 0 Å².